The van der Waals surface area contributed by atoms with E-state index in [1.165, 1.54) is 0 Å². The number of rotatable bonds is 4. The Morgan fingerprint density at radius 2 is 1.71 bits per heavy atom. The minimum atomic E-state index is -0.344. The smallest absolute Gasteiger partial charge is 0.271 e. The fraction of sp³-hybridized carbons (Fsp3) is 0.158. The second kappa shape index (κ2) is 7.00. The van der Waals surface area contributed by atoms with Crippen LogP contribution in [0.4, 0.5) is 0 Å². The molecular formula is C19H19N3O2. The van der Waals surface area contributed by atoms with E-state index in [-0.39, 0.29) is 17.7 Å². The number of amides is 2. The van der Waals surface area contributed by atoms with Crippen LogP contribution in [0.3, 0.4) is 0 Å². The van der Waals surface area contributed by atoms with Crippen LogP contribution >= 0.6 is 0 Å². The fourth-order valence-electron chi connectivity index (χ4n) is 2.79. The van der Waals surface area contributed by atoms with Crippen molar-refractivity contribution in [2.45, 2.75) is 19.3 Å². The molecule has 0 saturated heterocycles. The maximum absolute atomic E-state index is 12.4. The molecule has 1 unspecified atom stereocenters. The molecule has 122 valence electrons. The Balaban J connectivity index is 1.68. The Morgan fingerprint density at radius 3 is 2.46 bits per heavy atom. The van der Waals surface area contributed by atoms with Gasteiger partial charge in [-0.05, 0) is 18.1 Å². The first-order chi connectivity index (χ1) is 11.7. The molecule has 0 spiro atoms. The summed E-state index contributed by atoms with van der Waals surface area (Å²) < 4.78 is 0. The van der Waals surface area contributed by atoms with Gasteiger partial charge in [-0.25, -0.2) is 0 Å². The largest absolute Gasteiger partial charge is 0.360 e. The summed E-state index contributed by atoms with van der Waals surface area (Å²) >= 11 is 0. The van der Waals surface area contributed by atoms with Crippen molar-refractivity contribution in [1.29, 1.82) is 0 Å². The van der Waals surface area contributed by atoms with E-state index in [1.807, 2.05) is 61.5 Å². The van der Waals surface area contributed by atoms with Gasteiger partial charge in [0.15, 0.2) is 0 Å². The molecule has 3 rings (SSSR count). The minimum absolute atomic E-state index is 0.225. The van der Waals surface area contributed by atoms with Crippen molar-refractivity contribution in [3.05, 3.63) is 71.9 Å². The molecule has 1 atom stereocenters. The van der Waals surface area contributed by atoms with Crippen molar-refractivity contribution in [2.24, 2.45) is 0 Å². The summed E-state index contributed by atoms with van der Waals surface area (Å²) in [4.78, 5) is 27.7. The van der Waals surface area contributed by atoms with Crippen molar-refractivity contribution in [1.82, 2.24) is 15.8 Å². The molecule has 0 radical (unpaired) electrons. The van der Waals surface area contributed by atoms with Gasteiger partial charge in [-0.3, -0.25) is 20.4 Å². The summed E-state index contributed by atoms with van der Waals surface area (Å²) in [7, 11) is 0. The van der Waals surface area contributed by atoms with Crippen molar-refractivity contribution in [3.63, 3.8) is 0 Å². The number of carbonyl (C=O) groups excluding carboxylic acids is 2. The summed E-state index contributed by atoms with van der Waals surface area (Å²) in [6.07, 6.45) is 2.29. The second-order valence-corrected chi connectivity index (χ2v) is 5.56. The number of hydrogen-bond acceptors (Lipinski definition) is 2. The number of benzene rings is 2. The average Bonchev–Trinajstić information content (AvgIpc) is 3.05. The van der Waals surface area contributed by atoms with Crippen molar-refractivity contribution in [3.8, 4) is 0 Å². The second-order valence-electron chi connectivity index (χ2n) is 5.56. The quantitative estimate of drug-likeness (QED) is 0.646. The molecule has 5 heteroatoms. The standard InChI is InChI=1S/C19H19N3O2/c1-2-14(13-8-4-3-5-9-13)18(23)21-22-19(24)16-12-20-17-11-7-6-10-15(16)17/h3-12,14,20H,2H2,1H3,(H,21,23)(H,22,24). The van der Waals surface area contributed by atoms with E-state index in [4.69, 9.17) is 0 Å². The minimum Gasteiger partial charge on any atom is -0.360 e. The van der Waals surface area contributed by atoms with E-state index in [1.54, 1.807) is 6.20 Å². The van der Waals surface area contributed by atoms with Crippen molar-refractivity contribution >= 4 is 22.7 Å². The SMILES string of the molecule is CCC(C(=O)NNC(=O)c1c[nH]c2ccccc12)c1ccccc1. The molecule has 0 aliphatic heterocycles. The first kappa shape index (κ1) is 15.8. The number of para-hydroxylation sites is 1. The number of carbonyl (C=O) groups is 2. The number of fused-ring (bicyclic) bond motifs is 1. The molecule has 2 aromatic carbocycles. The zero-order valence-electron chi connectivity index (χ0n) is 13.4. The lowest BCUT2D eigenvalue weighted by Crippen LogP contribution is -2.43. The Bertz CT molecular complexity index is 855. The molecule has 5 nitrogen and oxygen atoms in total. The van der Waals surface area contributed by atoms with Gasteiger partial charge in [0, 0.05) is 17.1 Å². The maximum atomic E-state index is 12.4. The first-order valence-corrected chi connectivity index (χ1v) is 7.92. The predicted molar refractivity (Wildman–Crippen MR) is 93.4 cm³/mol. The zero-order valence-corrected chi connectivity index (χ0v) is 13.4. The van der Waals surface area contributed by atoms with Crippen LogP contribution in [0, 0.1) is 0 Å². The van der Waals surface area contributed by atoms with Crippen LogP contribution in [0.1, 0.15) is 35.2 Å². The van der Waals surface area contributed by atoms with Gasteiger partial charge in [0.05, 0.1) is 11.5 Å². The van der Waals surface area contributed by atoms with Gasteiger partial charge in [-0.2, -0.15) is 0 Å². The highest BCUT2D eigenvalue weighted by Gasteiger charge is 2.19. The van der Waals surface area contributed by atoms with Gasteiger partial charge in [0.2, 0.25) is 5.91 Å². The van der Waals surface area contributed by atoms with Crippen LogP contribution in [-0.4, -0.2) is 16.8 Å². The lowest BCUT2D eigenvalue weighted by molar-refractivity contribution is -0.123. The molecule has 0 saturated carbocycles. The highest BCUT2D eigenvalue weighted by atomic mass is 16.2. The van der Waals surface area contributed by atoms with Gasteiger partial charge in [0.25, 0.3) is 5.91 Å². The number of H-pyrrole nitrogens is 1. The van der Waals surface area contributed by atoms with Gasteiger partial charge >= 0.3 is 0 Å². The Morgan fingerprint density at radius 1 is 1.00 bits per heavy atom. The van der Waals surface area contributed by atoms with E-state index >= 15 is 0 Å². The molecular weight excluding hydrogens is 302 g/mol. The topological polar surface area (TPSA) is 74.0 Å². The van der Waals surface area contributed by atoms with Gasteiger partial charge in [-0.1, -0.05) is 55.5 Å². The third kappa shape index (κ3) is 3.15. The third-order valence-corrected chi connectivity index (χ3v) is 4.06. The number of aromatic nitrogens is 1. The number of nitrogens with one attached hydrogen (secondary N) is 3. The van der Waals surface area contributed by atoms with Crippen LogP contribution in [0.25, 0.3) is 10.9 Å². The lowest BCUT2D eigenvalue weighted by Gasteiger charge is -2.15. The number of hydrogen-bond donors (Lipinski definition) is 3. The average molecular weight is 321 g/mol. The summed E-state index contributed by atoms with van der Waals surface area (Å²) in [5.41, 5.74) is 7.34. The Hall–Kier alpha value is -3.08. The monoisotopic (exact) mass is 321 g/mol. The van der Waals surface area contributed by atoms with Crippen LogP contribution < -0.4 is 10.9 Å². The summed E-state index contributed by atoms with van der Waals surface area (Å²) in [5.74, 6) is -0.866. The van der Waals surface area contributed by atoms with Gasteiger partial charge < -0.3 is 4.98 Å². The highest BCUT2D eigenvalue weighted by Crippen LogP contribution is 2.19. The molecule has 0 aliphatic rings. The van der Waals surface area contributed by atoms with Crippen molar-refractivity contribution < 1.29 is 9.59 Å². The Labute approximate surface area is 140 Å². The van der Waals surface area contributed by atoms with E-state index in [9.17, 15) is 9.59 Å². The molecule has 3 aromatic rings. The third-order valence-electron chi connectivity index (χ3n) is 4.06. The molecule has 0 aliphatic carbocycles. The molecule has 2 amide bonds. The van der Waals surface area contributed by atoms with Crippen LogP contribution in [0.2, 0.25) is 0 Å². The summed E-state index contributed by atoms with van der Waals surface area (Å²) in [6.45, 7) is 1.94. The number of hydrazine groups is 1. The summed E-state index contributed by atoms with van der Waals surface area (Å²) in [5, 5.41) is 0.819. The number of aromatic amines is 1. The van der Waals surface area contributed by atoms with Crippen molar-refractivity contribution in [2.75, 3.05) is 0 Å². The van der Waals surface area contributed by atoms with E-state index in [0.717, 1.165) is 16.5 Å². The zero-order chi connectivity index (χ0) is 16.9. The maximum Gasteiger partial charge on any atom is 0.271 e. The van der Waals surface area contributed by atoms with Gasteiger partial charge in [0.1, 0.15) is 0 Å². The van der Waals surface area contributed by atoms with Crippen LogP contribution in [-0.2, 0) is 4.79 Å². The highest BCUT2D eigenvalue weighted by molar-refractivity contribution is 6.07. The molecule has 1 heterocycles. The summed E-state index contributed by atoms with van der Waals surface area (Å²) in [6, 6.07) is 17.1. The lowest BCUT2D eigenvalue weighted by atomic mass is 9.96. The van der Waals surface area contributed by atoms with Gasteiger partial charge in [-0.15, -0.1) is 0 Å². The van der Waals surface area contributed by atoms with E-state index in [0.29, 0.717) is 12.0 Å². The Kier molecular flexibility index (Phi) is 4.61. The molecule has 1 aromatic heterocycles. The normalized spacial score (nSPS) is 11.9. The van der Waals surface area contributed by atoms with Crippen LogP contribution in [0.15, 0.2) is 60.8 Å². The predicted octanol–water partition coefficient (Wildman–Crippen LogP) is 3.12. The molecule has 3 N–H and O–H groups in total. The van der Waals surface area contributed by atoms with E-state index in [2.05, 4.69) is 15.8 Å². The molecule has 24 heavy (non-hydrogen) atoms. The molecule has 0 bridgehead atoms. The van der Waals surface area contributed by atoms with Crippen LogP contribution in [0.5, 0.6) is 0 Å². The molecule has 0 fully saturated rings. The first-order valence-electron chi connectivity index (χ1n) is 7.92. The fourth-order valence-corrected chi connectivity index (χ4v) is 2.79. The van der Waals surface area contributed by atoms with E-state index < -0.39 is 0 Å².